The van der Waals surface area contributed by atoms with E-state index in [0.29, 0.717) is 12.6 Å². The summed E-state index contributed by atoms with van der Waals surface area (Å²) in [4.78, 5) is 18.2. The fourth-order valence-corrected chi connectivity index (χ4v) is 5.28. The summed E-state index contributed by atoms with van der Waals surface area (Å²) in [5.74, 6) is 0.0164. The van der Waals surface area contributed by atoms with Crippen molar-refractivity contribution in [1.82, 2.24) is 9.80 Å². The average Bonchev–Trinajstić information content (AvgIpc) is 3.28. The van der Waals surface area contributed by atoms with E-state index >= 15 is 0 Å². The zero-order valence-electron chi connectivity index (χ0n) is 18.8. The minimum atomic E-state index is -0.329. The number of likely N-dealkylation sites (tertiary alicyclic amines) is 2. The van der Waals surface area contributed by atoms with Gasteiger partial charge in [0.05, 0.1) is 12.0 Å². The van der Waals surface area contributed by atoms with Crippen LogP contribution >= 0.6 is 0 Å². The molecule has 31 heavy (non-hydrogen) atoms. The van der Waals surface area contributed by atoms with Crippen LogP contribution in [0.2, 0.25) is 0 Å². The molecule has 4 rings (SSSR count). The smallest absolute Gasteiger partial charge is 0.312 e. The van der Waals surface area contributed by atoms with Crippen LogP contribution in [0.5, 0.6) is 0 Å². The Balaban J connectivity index is 1.33. The van der Waals surface area contributed by atoms with Crippen LogP contribution in [0.3, 0.4) is 0 Å². The quantitative estimate of drug-likeness (QED) is 0.587. The second-order valence-electron chi connectivity index (χ2n) is 9.19. The number of aryl methyl sites for hydroxylation is 1. The van der Waals surface area contributed by atoms with Gasteiger partial charge in [-0.15, -0.1) is 0 Å². The Hall–Kier alpha value is -2.17. The van der Waals surface area contributed by atoms with E-state index in [0.717, 1.165) is 58.4 Å². The van der Waals surface area contributed by atoms with Gasteiger partial charge >= 0.3 is 5.97 Å². The molecule has 4 heteroatoms. The van der Waals surface area contributed by atoms with Crippen LogP contribution in [0.25, 0.3) is 0 Å². The average molecular weight is 421 g/mol. The minimum Gasteiger partial charge on any atom is -0.466 e. The van der Waals surface area contributed by atoms with Crippen LogP contribution < -0.4 is 0 Å². The summed E-state index contributed by atoms with van der Waals surface area (Å²) < 4.78 is 5.55. The molecule has 0 amide bonds. The molecule has 2 aliphatic heterocycles. The van der Waals surface area contributed by atoms with E-state index in [1.165, 1.54) is 17.5 Å². The number of hydrogen-bond donors (Lipinski definition) is 0. The fourth-order valence-electron chi connectivity index (χ4n) is 5.28. The molecule has 0 spiro atoms. The molecular weight excluding hydrogens is 384 g/mol. The van der Waals surface area contributed by atoms with Crippen molar-refractivity contribution in [2.75, 3.05) is 32.8 Å². The number of piperidine rings is 1. The van der Waals surface area contributed by atoms with Crippen LogP contribution in [-0.2, 0) is 22.5 Å². The second-order valence-corrected chi connectivity index (χ2v) is 9.19. The maximum absolute atomic E-state index is 13.0. The van der Waals surface area contributed by atoms with E-state index < -0.39 is 0 Å². The lowest BCUT2D eigenvalue weighted by Crippen LogP contribution is -2.49. The zero-order chi connectivity index (χ0) is 21.5. The standard InChI is InChI=1S/C27H36N2O2/c1-2-31-26(30)27(15-13-23-9-5-3-6-10-23)16-19-29(20-17-27)25-14-18-28(22-25)21-24-11-7-4-8-12-24/h3-12,25H,2,13-22H2,1H3. The molecular formula is C27H36N2O2. The number of rotatable bonds is 8. The van der Waals surface area contributed by atoms with Gasteiger partial charge in [0.1, 0.15) is 0 Å². The Morgan fingerprint density at radius 3 is 2.26 bits per heavy atom. The van der Waals surface area contributed by atoms with Crippen LogP contribution in [-0.4, -0.2) is 54.6 Å². The van der Waals surface area contributed by atoms with E-state index in [2.05, 4.69) is 64.4 Å². The van der Waals surface area contributed by atoms with Gasteiger partial charge in [0.25, 0.3) is 0 Å². The summed E-state index contributed by atoms with van der Waals surface area (Å²) in [5.41, 5.74) is 2.37. The Morgan fingerprint density at radius 2 is 1.61 bits per heavy atom. The van der Waals surface area contributed by atoms with Gasteiger partial charge in [-0.3, -0.25) is 14.6 Å². The Labute approximate surface area is 187 Å². The first-order chi connectivity index (χ1) is 15.2. The monoisotopic (exact) mass is 420 g/mol. The Bertz CT molecular complexity index is 816. The highest BCUT2D eigenvalue weighted by atomic mass is 16.5. The number of ether oxygens (including phenoxy) is 1. The van der Waals surface area contributed by atoms with Gasteiger partial charge in [0, 0.05) is 25.7 Å². The third-order valence-corrected chi connectivity index (χ3v) is 7.21. The maximum Gasteiger partial charge on any atom is 0.312 e. The third-order valence-electron chi connectivity index (χ3n) is 7.21. The van der Waals surface area contributed by atoms with E-state index in [9.17, 15) is 4.79 Å². The summed E-state index contributed by atoms with van der Waals surface area (Å²) in [6, 6.07) is 21.9. The molecule has 2 aromatic rings. The lowest BCUT2D eigenvalue weighted by Gasteiger charge is -2.42. The number of esters is 1. The maximum atomic E-state index is 13.0. The molecule has 4 nitrogen and oxygen atoms in total. The van der Waals surface area contributed by atoms with Crippen molar-refractivity contribution in [3.8, 4) is 0 Å². The highest BCUT2D eigenvalue weighted by Gasteiger charge is 2.43. The van der Waals surface area contributed by atoms with Crippen LogP contribution in [0, 0.1) is 5.41 Å². The lowest BCUT2D eigenvalue weighted by atomic mass is 9.74. The molecule has 0 aliphatic carbocycles. The largest absolute Gasteiger partial charge is 0.466 e. The molecule has 2 heterocycles. The van der Waals surface area contributed by atoms with Gasteiger partial charge in [0.2, 0.25) is 0 Å². The van der Waals surface area contributed by atoms with Gasteiger partial charge in [-0.25, -0.2) is 0 Å². The number of carbonyl (C=O) groups is 1. The molecule has 2 saturated heterocycles. The van der Waals surface area contributed by atoms with Crippen LogP contribution in [0.1, 0.15) is 43.7 Å². The van der Waals surface area contributed by atoms with Crippen molar-refractivity contribution in [2.45, 2.75) is 51.6 Å². The predicted molar refractivity (Wildman–Crippen MR) is 125 cm³/mol. The van der Waals surface area contributed by atoms with Gasteiger partial charge in [-0.05, 0) is 63.2 Å². The zero-order valence-corrected chi connectivity index (χ0v) is 18.8. The molecule has 1 atom stereocenters. The molecule has 0 radical (unpaired) electrons. The first-order valence-corrected chi connectivity index (χ1v) is 11.9. The van der Waals surface area contributed by atoms with E-state index in [1.54, 1.807) is 0 Å². The molecule has 0 N–H and O–H groups in total. The Kier molecular flexibility index (Phi) is 7.41. The van der Waals surface area contributed by atoms with Crippen molar-refractivity contribution < 1.29 is 9.53 Å². The summed E-state index contributed by atoms with van der Waals surface area (Å²) in [5, 5.41) is 0. The molecule has 2 aromatic carbocycles. The van der Waals surface area contributed by atoms with Crippen molar-refractivity contribution in [3.05, 3.63) is 71.8 Å². The molecule has 1 unspecified atom stereocenters. The number of nitrogens with zero attached hydrogens (tertiary/aromatic N) is 2. The second kappa shape index (κ2) is 10.4. The summed E-state index contributed by atoms with van der Waals surface area (Å²) >= 11 is 0. The Morgan fingerprint density at radius 1 is 0.968 bits per heavy atom. The SMILES string of the molecule is CCOC(=O)C1(CCc2ccccc2)CCN(C2CCN(Cc3ccccc3)C2)CC1. The topological polar surface area (TPSA) is 32.8 Å². The molecule has 0 saturated carbocycles. The summed E-state index contributed by atoms with van der Waals surface area (Å²) in [7, 11) is 0. The number of hydrogen-bond acceptors (Lipinski definition) is 4. The van der Waals surface area contributed by atoms with Gasteiger partial charge in [0.15, 0.2) is 0 Å². The normalized spacial score (nSPS) is 21.8. The fraction of sp³-hybridized carbons (Fsp3) is 0.519. The molecule has 2 fully saturated rings. The van der Waals surface area contributed by atoms with Crippen molar-refractivity contribution >= 4 is 5.97 Å². The van der Waals surface area contributed by atoms with Crippen LogP contribution in [0.15, 0.2) is 60.7 Å². The van der Waals surface area contributed by atoms with Gasteiger partial charge < -0.3 is 4.74 Å². The summed E-state index contributed by atoms with van der Waals surface area (Å²) in [6.45, 7) is 7.70. The lowest BCUT2D eigenvalue weighted by molar-refractivity contribution is -0.159. The third kappa shape index (κ3) is 5.55. The molecule has 2 aliphatic rings. The van der Waals surface area contributed by atoms with E-state index in [1.807, 2.05) is 13.0 Å². The molecule has 0 aromatic heterocycles. The first kappa shape index (κ1) is 22.0. The highest BCUT2D eigenvalue weighted by molar-refractivity contribution is 5.77. The van der Waals surface area contributed by atoms with Gasteiger partial charge in [-0.1, -0.05) is 60.7 Å². The number of benzene rings is 2. The van der Waals surface area contributed by atoms with Gasteiger partial charge in [-0.2, -0.15) is 0 Å². The number of carbonyl (C=O) groups excluding carboxylic acids is 1. The highest BCUT2D eigenvalue weighted by Crippen LogP contribution is 2.39. The van der Waals surface area contributed by atoms with Crippen LogP contribution in [0.4, 0.5) is 0 Å². The first-order valence-electron chi connectivity index (χ1n) is 11.9. The van der Waals surface area contributed by atoms with Crippen molar-refractivity contribution in [3.63, 3.8) is 0 Å². The summed E-state index contributed by atoms with van der Waals surface area (Å²) in [6.07, 6.45) is 4.87. The van der Waals surface area contributed by atoms with Crippen molar-refractivity contribution in [1.29, 1.82) is 0 Å². The predicted octanol–water partition coefficient (Wildman–Crippen LogP) is 4.54. The molecule has 0 bridgehead atoms. The van der Waals surface area contributed by atoms with E-state index in [-0.39, 0.29) is 11.4 Å². The minimum absolute atomic E-state index is 0.0164. The molecule has 166 valence electrons. The van der Waals surface area contributed by atoms with E-state index in [4.69, 9.17) is 4.74 Å². The van der Waals surface area contributed by atoms with Crippen molar-refractivity contribution in [2.24, 2.45) is 5.41 Å².